The summed E-state index contributed by atoms with van der Waals surface area (Å²) in [5, 5.41) is 3.79. The lowest BCUT2D eigenvalue weighted by Crippen LogP contribution is -2.53. The molecule has 1 aromatic rings. The van der Waals surface area contributed by atoms with Gasteiger partial charge in [-0.05, 0) is 51.6 Å². The van der Waals surface area contributed by atoms with Crippen molar-refractivity contribution in [3.8, 4) is 0 Å². The number of aromatic nitrogens is 2. The number of piperidine rings is 3. The predicted octanol–water partition coefficient (Wildman–Crippen LogP) is 2.81. The number of hydrogen-bond acceptors (Lipinski definition) is 3. The van der Waals surface area contributed by atoms with Crippen LogP contribution in [0.25, 0.3) is 0 Å². The van der Waals surface area contributed by atoms with Gasteiger partial charge in [0.15, 0.2) is 0 Å². The van der Waals surface area contributed by atoms with Crippen LogP contribution in [0, 0.1) is 12.8 Å². The summed E-state index contributed by atoms with van der Waals surface area (Å²) in [6.07, 6.45) is 10.4. The molecule has 4 heterocycles. The van der Waals surface area contributed by atoms with Gasteiger partial charge >= 0.3 is 0 Å². The number of nitrogens with zero attached hydrogens (tertiary/aromatic N) is 3. The van der Waals surface area contributed by atoms with Crippen molar-refractivity contribution in [2.75, 3.05) is 25.0 Å². The Morgan fingerprint density at radius 2 is 1.90 bits per heavy atom. The summed E-state index contributed by atoms with van der Waals surface area (Å²) < 4.78 is 2.43. The van der Waals surface area contributed by atoms with E-state index in [4.69, 9.17) is 4.98 Å². The van der Waals surface area contributed by atoms with Crippen LogP contribution in [-0.4, -0.2) is 40.1 Å². The first-order valence-corrected chi connectivity index (χ1v) is 8.34. The Balaban J connectivity index is 1.53. The molecule has 1 unspecified atom stereocenters. The number of anilines is 1. The van der Waals surface area contributed by atoms with Gasteiger partial charge in [0.1, 0.15) is 0 Å². The summed E-state index contributed by atoms with van der Waals surface area (Å²) in [6, 6.07) is 1.29. The zero-order valence-electron chi connectivity index (χ0n) is 12.5. The minimum Gasteiger partial charge on any atom is -0.351 e. The van der Waals surface area contributed by atoms with Crippen LogP contribution in [0.15, 0.2) is 6.20 Å². The second-order valence-corrected chi connectivity index (χ2v) is 6.94. The fraction of sp³-hybridized carbons (Fsp3) is 0.812. The van der Waals surface area contributed by atoms with Crippen molar-refractivity contribution in [1.82, 2.24) is 14.5 Å². The molecule has 1 atom stereocenters. The molecule has 4 heteroatoms. The molecule has 1 aliphatic carbocycles. The number of imidazole rings is 1. The van der Waals surface area contributed by atoms with Gasteiger partial charge < -0.3 is 14.8 Å². The maximum atomic E-state index is 4.77. The van der Waals surface area contributed by atoms with Crippen molar-refractivity contribution in [3.05, 3.63) is 11.9 Å². The fourth-order valence-corrected chi connectivity index (χ4v) is 4.38. The molecule has 3 aliphatic heterocycles. The van der Waals surface area contributed by atoms with Crippen molar-refractivity contribution in [2.24, 2.45) is 5.92 Å². The molecule has 0 aromatic carbocycles. The van der Waals surface area contributed by atoms with Crippen LogP contribution in [0.5, 0.6) is 0 Å². The maximum Gasteiger partial charge on any atom is 0.203 e. The van der Waals surface area contributed by atoms with Crippen LogP contribution in [0.1, 0.15) is 50.3 Å². The van der Waals surface area contributed by atoms with Gasteiger partial charge in [-0.1, -0.05) is 12.8 Å². The lowest BCUT2D eigenvalue weighted by Gasteiger charge is -2.45. The quantitative estimate of drug-likeness (QED) is 0.920. The van der Waals surface area contributed by atoms with Gasteiger partial charge in [0, 0.05) is 24.8 Å². The fourth-order valence-electron chi connectivity index (χ4n) is 4.38. The Labute approximate surface area is 121 Å². The molecule has 5 rings (SSSR count). The molecule has 4 fully saturated rings. The molecule has 0 spiro atoms. The third-order valence-corrected chi connectivity index (χ3v) is 5.54. The van der Waals surface area contributed by atoms with Crippen LogP contribution < -0.4 is 5.32 Å². The smallest absolute Gasteiger partial charge is 0.203 e. The highest BCUT2D eigenvalue weighted by Crippen LogP contribution is 2.34. The predicted molar refractivity (Wildman–Crippen MR) is 81.0 cm³/mol. The van der Waals surface area contributed by atoms with Crippen LogP contribution in [0.3, 0.4) is 0 Å². The zero-order chi connectivity index (χ0) is 13.5. The molecule has 4 aliphatic rings. The monoisotopic (exact) mass is 274 g/mol. The number of rotatable bonds is 3. The molecule has 3 saturated heterocycles. The van der Waals surface area contributed by atoms with Gasteiger partial charge in [0.25, 0.3) is 0 Å². The SMILES string of the molecule is Cc1cn(C2CCCC2)c(NC2CN3CCC2CC3)n1. The van der Waals surface area contributed by atoms with E-state index in [1.165, 1.54) is 58.2 Å². The van der Waals surface area contributed by atoms with Crippen LogP contribution >= 0.6 is 0 Å². The number of nitrogens with one attached hydrogen (secondary N) is 1. The maximum absolute atomic E-state index is 4.77. The van der Waals surface area contributed by atoms with E-state index in [9.17, 15) is 0 Å². The first-order chi connectivity index (χ1) is 9.79. The summed E-state index contributed by atoms with van der Waals surface area (Å²) in [6.45, 7) is 5.94. The third-order valence-electron chi connectivity index (χ3n) is 5.54. The van der Waals surface area contributed by atoms with E-state index in [0.29, 0.717) is 12.1 Å². The minimum absolute atomic E-state index is 0.611. The lowest BCUT2D eigenvalue weighted by molar-refractivity contribution is 0.0970. The number of hydrogen-bond donors (Lipinski definition) is 1. The molecule has 1 saturated carbocycles. The summed E-state index contributed by atoms with van der Waals surface area (Å²) in [4.78, 5) is 7.37. The first kappa shape index (κ1) is 12.7. The van der Waals surface area contributed by atoms with E-state index >= 15 is 0 Å². The highest BCUT2D eigenvalue weighted by atomic mass is 15.3. The van der Waals surface area contributed by atoms with E-state index in [1.54, 1.807) is 0 Å². The highest BCUT2D eigenvalue weighted by molar-refractivity contribution is 5.32. The van der Waals surface area contributed by atoms with Crippen molar-refractivity contribution in [1.29, 1.82) is 0 Å². The van der Waals surface area contributed by atoms with Crippen molar-refractivity contribution < 1.29 is 0 Å². The molecule has 0 radical (unpaired) electrons. The van der Waals surface area contributed by atoms with Crippen molar-refractivity contribution in [3.63, 3.8) is 0 Å². The largest absolute Gasteiger partial charge is 0.351 e. The Hall–Kier alpha value is -1.03. The molecular formula is C16H26N4. The van der Waals surface area contributed by atoms with Gasteiger partial charge in [0.2, 0.25) is 5.95 Å². The van der Waals surface area contributed by atoms with Gasteiger partial charge in [0.05, 0.1) is 5.69 Å². The second-order valence-electron chi connectivity index (χ2n) is 6.94. The van der Waals surface area contributed by atoms with Gasteiger partial charge in [-0.2, -0.15) is 0 Å². The van der Waals surface area contributed by atoms with E-state index in [0.717, 1.165) is 17.6 Å². The molecule has 110 valence electrons. The Kier molecular flexibility index (Phi) is 3.21. The number of aryl methyl sites for hydroxylation is 1. The van der Waals surface area contributed by atoms with Crippen molar-refractivity contribution in [2.45, 2.75) is 57.5 Å². The Morgan fingerprint density at radius 1 is 1.15 bits per heavy atom. The molecule has 2 bridgehead atoms. The second kappa shape index (κ2) is 5.06. The van der Waals surface area contributed by atoms with Crippen molar-refractivity contribution >= 4 is 5.95 Å². The van der Waals surface area contributed by atoms with E-state index in [2.05, 4.69) is 27.9 Å². The third kappa shape index (κ3) is 2.24. The van der Waals surface area contributed by atoms with Gasteiger partial charge in [-0.15, -0.1) is 0 Å². The van der Waals surface area contributed by atoms with E-state index < -0.39 is 0 Å². The molecule has 0 amide bonds. The van der Waals surface area contributed by atoms with E-state index in [-0.39, 0.29) is 0 Å². The van der Waals surface area contributed by atoms with Crippen LogP contribution in [0.4, 0.5) is 5.95 Å². The van der Waals surface area contributed by atoms with Gasteiger partial charge in [-0.25, -0.2) is 4.98 Å². The average molecular weight is 274 g/mol. The summed E-state index contributed by atoms with van der Waals surface area (Å²) in [5.74, 6) is 1.99. The minimum atomic E-state index is 0.611. The summed E-state index contributed by atoms with van der Waals surface area (Å²) >= 11 is 0. The standard InChI is InChI=1S/C16H26N4/c1-12-10-20(14-4-2-3-5-14)16(17-12)18-15-11-19-8-6-13(15)7-9-19/h10,13-15H,2-9,11H2,1H3,(H,17,18). The molecule has 1 N–H and O–H groups in total. The molecule has 20 heavy (non-hydrogen) atoms. The zero-order valence-corrected chi connectivity index (χ0v) is 12.5. The molecule has 4 nitrogen and oxygen atoms in total. The first-order valence-electron chi connectivity index (χ1n) is 8.34. The summed E-state index contributed by atoms with van der Waals surface area (Å²) in [7, 11) is 0. The van der Waals surface area contributed by atoms with Gasteiger partial charge in [-0.3, -0.25) is 0 Å². The topological polar surface area (TPSA) is 33.1 Å². The van der Waals surface area contributed by atoms with E-state index in [1.807, 2.05) is 0 Å². The lowest BCUT2D eigenvalue weighted by atomic mass is 9.84. The highest BCUT2D eigenvalue weighted by Gasteiger charge is 2.35. The summed E-state index contributed by atoms with van der Waals surface area (Å²) in [5.41, 5.74) is 1.15. The number of fused-ring (bicyclic) bond motifs is 3. The molecular weight excluding hydrogens is 248 g/mol. The average Bonchev–Trinajstić information content (AvgIpc) is 3.10. The van der Waals surface area contributed by atoms with Crippen LogP contribution in [0.2, 0.25) is 0 Å². The normalized spacial score (nSPS) is 33.8. The Bertz CT molecular complexity index is 467. The Morgan fingerprint density at radius 3 is 2.55 bits per heavy atom. The molecule has 1 aromatic heterocycles. The van der Waals surface area contributed by atoms with Crippen LogP contribution in [-0.2, 0) is 0 Å².